The van der Waals surface area contributed by atoms with E-state index >= 15 is 0 Å². The van der Waals surface area contributed by atoms with Crippen LogP contribution in [-0.2, 0) is 21.7 Å². The van der Waals surface area contributed by atoms with Crippen LogP contribution in [0.2, 0.25) is 0 Å². The molecule has 3 aromatic carbocycles. The topological polar surface area (TPSA) is 121 Å². The molecule has 0 saturated heterocycles. The Bertz CT molecular complexity index is 1730. The monoisotopic (exact) mass is 605 g/mol. The minimum Gasteiger partial charge on any atom is -0.508 e. The lowest BCUT2D eigenvalue weighted by Crippen LogP contribution is -2.56. The molecule has 8 bridgehead atoms. The van der Waals surface area contributed by atoms with Crippen LogP contribution in [0.4, 0.5) is 0 Å². The highest BCUT2D eigenvalue weighted by atomic mass is 16.3. The molecule has 8 aliphatic carbocycles. The van der Waals surface area contributed by atoms with Crippen LogP contribution in [0.25, 0.3) is 0 Å². The molecule has 0 amide bonds. The van der Waals surface area contributed by atoms with Crippen LogP contribution in [0.1, 0.15) is 105 Å². The SMILES string of the molecule is [CH]c1cc(O)c(C23CC4CC(C2)CC(c2cc(O)c(C56CC7CC(CC(c8cc(O)[c]cc8O)(C7)C5)C6)cc2O)(C4)C3)cc1O. The number of aromatic hydroxyl groups is 6. The van der Waals surface area contributed by atoms with Gasteiger partial charge in [0, 0.05) is 62.5 Å². The Kier molecular flexibility index (Phi) is 5.45. The van der Waals surface area contributed by atoms with Gasteiger partial charge in [0.1, 0.15) is 34.5 Å². The van der Waals surface area contributed by atoms with Crippen LogP contribution >= 0.6 is 0 Å². The maximum atomic E-state index is 11.9. The van der Waals surface area contributed by atoms with Gasteiger partial charge >= 0.3 is 0 Å². The summed E-state index contributed by atoms with van der Waals surface area (Å²) >= 11 is 0. The van der Waals surface area contributed by atoms with Crippen molar-refractivity contribution in [2.75, 3.05) is 0 Å². The van der Waals surface area contributed by atoms with Crippen molar-refractivity contribution >= 4 is 0 Å². The molecule has 3 aromatic rings. The van der Waals surface area contributed by atoms with E-state index in [4.69, 9.17) is 6.92 Å². The van der Waals surface area contributed by atoms with Gasteiger partial charge in [-0.05, 0) is 137 Å². The molecule has 4 atom stereocenters. The second-order valence-electron chi connectivity index (χ2n) is 16.5. The maximum Gasteiger partial charge on any atom is 0.124 e. The van der Waals surface area contributed by atoms with E-state index in [1.807, 2.05) is 12.1 Å². The molecule has 45 heavy (non-hydrogen) atoms. The molecule has 11 rings (SSSR count). The number of benzene rings is 3. The van der Waals surface area contributed by atoms with Gasteiger partial charge in [-0.2, -0.15) is 0 Å². The van der Waals surface area contributed by atoms with Crippen LogP contribution in [0.3, 0.4) is 0 Å². The first-order valence-electron chi connectivity index (χ1n) is 16.7. The molecular weight excluding hydrogens is 564 g/mol. The normalized spacial score (nSPS) is 39.0. The minimum absolute atomic E-state index is 0.0112. The van der Waals surface area contributed by atoms with Crippen molar-refractivity contribution in [1.29, 1.82) is 0 Å². The highest BCUT2D eigenvalue weighted by Crippen LogP contribution is 2.70. The average molecular weight is 606 g/mol. The standard InChI is InChI=1S/C39H41O6/c1-21-4-33(43)28(8-32(21)42)37-13-24-6-25(14-37)18-39(17-24,20-37)30-10-34(44)29(9-35(30)45)38-15-22-5-23(16-38)12-36(11-22,19-38)27-7-26(40)2-3-31(27)41/h1,3-4,7-10,22-25,40-45H,5-6,11-20H2. The Morgan fingerprint density at radius 3 is 1.27 bits per heavy atom. The largest absolute Gasteiger partial charge is 0.508 e. The fourth-order valence-corrected chi connectivity index (χ4v) is 13.1. The summed E-state index contributed by atoms with van der Waals surface area (Å²) in [6.45, 7) is 5.92. The Morgan fingerprint density at radius 1 is 0.489 bits per heavy atom. The lowest BCUT2D eigenvalue weighted by atomic mass is 9.41. The molecule has 0 aliphatic heterocycles. The molecule has 233 valence electrons. The molecule has 0 aromatic heterocycles. The summed E-state index contributed by atoms with van der Waals surface area (Å²) in [4.78, 5) is 0. The molecule has 8 saturated carbocycles. The maximum absolute atomic E-state index is 11.9. The average Bonchev–Trinajstić information content (AvgIpc) is 2.95. The molecule has 8 aliphatic rings. The van der Waals surface area contributed by atoms with Gasteiger partial charge in [-0.3, -0.25) is 0 Å². The van der Waals surface area contributed by atoms with Gasteiger partial charge in [0.15, 0.2) is 0 Å². The molecule has 6 nitrogen and oxygen atoms in total. The summed E-state index contributed by atoms with van der Waals surface area (Å²) in [6.07, 6.45) is 11.3. The van der Waals surface area contributed by atoms with Crippen molar-refractivity contribution in [1.82, 2.24) is 0 Å². The number of hydrogen-bond donors (Lipinski definition) is 6. The van der Waals surface area contributed by atoms with Gasteiger partial charge in [0.25, 0.3) is 0 Å². The van der Waals surface area contributed by atoms with Crippen LogP contribution in [-0.4, -0.2) is 30.6 Å². The Labute approximate surface area is 264 Å². The predicted octanol–water partition coefficient (Wildman–Crippen LogP) is 7.36. The smallest absolute Gasteiger partial charge is 0.124 e. The third-order valence-electron chi connectivity index (χ3n) is 13.6. The zero-order valence-electron chi connectivity index (χ0n) is 25.5. The first-order chi connectivity index (χ1) is 21.4. The molecule has 6 heteroatoms. The molecule has 0 spiro atoms. The first kappa shape index (κ1) is 27.7. The molecule has 6 N–H and O–H groups in total. The second-order valence-corrected chi connectivity index (χ2v) is 16.5. The van der Waals surface area contributed by atoms with Crippen molar-refractivity contribution in [3.05, 3.63) is 77.2 Å². The summed E-state index contributed by atoms with van der Waals surface area (Å²) in [7, 11) is 0. The summed E-state index contributed by atoms with van der Waals surface area (Å²) in [6, 6.07) is 12.7. The fourth-order valence-electron chi connectivity index (χ4n) is 13.1. The van der Waals surface area contributed by atoms with E-state index in [1.165, 1.54) is 12.1 Å². The van der Waals surface area contributed by atoms with E-state index in [9.17, 15) is 30.6 Å². The van der Waals surface area contributed by atoms with Gasteiger partial charge in [0.2, 0.25) is 0 Å². The van der Waals surface area contributed by atoms with Gasteiger partial charge < -0.3 is 30.6 Å². The van der Waals surface area contributed by atoms with Crippen LogP contribution in [0.5, 0.6) is 34.5 Å². The quantitative estimate of drug-likeness (QED) is 0.173. The number of phenols is 6. The first-order valence-corrected chi connectivity index (χ1v) is 16.7. The molecular formula is C39H41O6. The van der Waals surface area contributed by atoms with E-state index in [-0.39, 0.29) is 61.7 Å². The van der Waals surface area contributed by atoms with E-state index < -0.39 is 0 Å². The van der Waals surface area contributed by atoms with Gasteiger partial charge in [-0.1, -0.05) is 0 Å². The Morgan fingerprint density at radius 2 is 0.844 bits per heavy atom. The van der Waals surface area contributed by atoms with Crippen LogP contribution in [0.15, 0.2) is 36.4 Å². The van der Waals surface area contributed by atoms with E-state index in [1.54, 1.807) is 12.1 Å². The van der Waals surface area contributed by atoms with Gasteiger partial charge in [-0.25, -0.2) is 0 Å². The highest BCUT2D eigenvalue weighted by molar-refractivity contribution is 5.57. The third-order valence-corrected chi connectivity index (χ3v) is 13.6. The molecule has 0 heterocycles. The zero-order valence-corrected chi connectivity index (χ0v) is 25.5. The van der Waals surface area contributed by atoms with Crippen molar-refractivity contribution < 1.29 is 30.6 Å². The minimum atomic E-state index is -0.333. The van der Waals surface area contributed by atoms with Crippen LogP contribution < -0.4 is 0 Å². The van der Waals surface area contributed by atoms with Gasteiger partial charge in [-0.15, -0.1) is 0 Å². The summed E-state index contributed by atoms with van der Waals surface area (Å²) < 4.78 is 0. The Hall–Kier alpha value is -3.54. The lowest BCUT2D eigenvalue weighted by molar-refractivity contribution is -0.0319. The zero-order chi connectivity index (χ0) is 31.1. The number of hydrogen-bond acceptors (Lipinski definition) is 6. The summed E-state index contributed by atoms with van der Waals surface area (Å²) in [5.74, 6) is 2.56. The van der Waals surface area contributed by atoms with Gasteiger partial charge in [0.05, 0.1) is 0 Å². The van der Waals surface area contributed by atoms with Crippen molar-refractivity contribution in [3.8, 4) is 34.5 Å². The van der Waals surface area contributed by atoms with Crippen LogP contribution in [0, 0.1) is 36.7 Å². The second kappa shape index (κ2) is 8.83. The van der Waals surface area contributed by atoms with E-state index in [0.717, 1.165) is 99.3 Å². The summed E-state index contributed by atoms with van der Waals surface area (Å²) in [5.41, 5.74) is 2.05. The van der Waals surface area contributed by atoms with Crippen molar-refractivity contribution in [3.63, 3.8) is 0 Å². The number of phenolic OH excluding ortho intramolecular Hbond substituents is 6. The molecule has 3 radical (unpaired) electrons. The van der Waals surface area contributed by atoms with E-state index in [0.29, 0.717) is 23.7 Å². The number of rotatable bonds is 4. The van der Waals surface area contributed by atoms with E-state index in [2.05, 4.69) is 6.07 Å². The Balaban J connectivity index is 1.12. The molecule has 8 fully saturated rings. The highest BCUT2D eigenvalue weighted by Gasteiger charge is 2.62. The lowest BCUT2D eigenvalue weighted by Gasteiger charge is -2.63. The van der Waals surface area contributed by atoms with Crippen molar-refractivity contribution in [2.24, 2.45) is 23.7 Å². The summed E-state index contributed by atoms with van der Waals surface area (Å²) in [5, 5.41) is 66.6. The predicted molar refractivity (Wildman–Crippen MR) is 168 cm³/mol. The van der Waals surface area contributed by atoms with Crippen molar-refractivity contribution in [2.45, 2.75) is 98.7 Å². The third kappa shape index (κ3) is 3.80. The fraction of sp³-hybridized carbons (Fsp3) is 0.513. The molecule has 4 unspecified atom stereocenters.